The van der Waals surface area contributed by atoms with Crippen molar-refractivity contribution in [2.45, 2.75) is 10.8 Å². The summed E-state index contributed by atoms with van der Waals surface area (Å²) in [6.45, 7) is -0.0119. The van der Waals surface area contributed by atoms with Gasteiger partial charge in [0.25, 0.3) is 0 Å². The smallest absolute Gasteiger partial charge is 0.308 e. The predicted octanol–water partition coefficient (Wildman–Crippen LogP) is 2.11. The second-order valence-electron chi connectivity index (χ2n) is 5.51. The van der Waals surface area contributed by atoms with Crippen molar-refractivity contribution in [3.8, 4) is 6.07 Å². The fraction of sp³-hybridized carbons (Fsp3) is 0.250. The van der Waals surface area contributed by atoms with Crippen LogP contribution < -0.4 is 0 Å². The van der Waals surface area contributed by atoms with E-state index in [1.807, 2.05) is 24.3 Å². The van der Waals surface area contributed by atoms with Crippen molar-refractivity contribution in [1.29, 1.82) is 5.26 Å². The van der Waals surface area contributed by atoms with Gasteiger partial charge in [-0.15, -0.1) is 11.3 Å². The number of carboxylic acids is 1. The van der Waals surface area contributed by atoms with E-state index in [0.29, 0.717) is 0 Å². The van der Waals surface area contributed by atoms with E-state index in [1.54, 1.807) is 17.5 Å². The average Bonchev–Trinajstić information content (AvgIpc) is 3.23. The number of benzene rings is 1. The number of hydrogen-bond acceptors (Lipinski definition) is 5. The maximum atomic E-state index is 12.8. The number of aliphatic carboxylic acids is 1. The fourth-order valence-electron chi connectivity index (χ4n) is 2.97. The van der Waals surface area contributed by atoms with Gasteiger partial charge in [-0.25, -0.2) is 8.42 Å². The highest BCUT2D eigenvalue weighted by atomic mass is 32.2. The van der Waals surface area contributed by atoms with Crippen LogP contribution in [0.3, 0.4) is 0 Å². The molecule has 0 aliphatic carbocycles. The van der Waals surface area contributed by atoms with Crippen LogP contribution in [0.2, 0.25) is 0 Å². The van der Waals surface area contributed by atoms with E-state index in [-0.39, 0.29) is 22.9 Å². The lowest BCUT2D eigenvalue weighted by Crippen LogP contribution is -2.30. The molecule has 1 aliphatic rings. The summed E-state index contributed by atoms with van der Waals surface area (Å²) >= 11 is 1.06. The Morgan fingerprint density at radius 2 is 1.96 bits per heavy atom. The highest BCUT2D eigenvalue weighted by Crippen LogP contribution is 2.37. The Labute approximate surface area is 143 Å². The molecular weight excluding hydrogens is 348 g/mol. The van der Waals surface area contributed by atoms with E-state index >= 15 is 0 Å². The Morgan fingerprint density at radius 1 is 1.25 bits per heavy atom. The molecule has 1 aliphatic heterocycles. The average molecular weight is 362 g/mol. The van der Waals surface area contributed by atoms with Gasteiger partial charge in [0.2, 0.25) is 10.0 Å². The molecule has 0 unspecified atom stereocenters. The number of nitriles is 1. The fourth-order valence-corrected chi connectivity index (χ4v) is 5.61. The molecule has 1 N–H and O–H groups in total. The van der Waals surface area contributed by atoms with Gasteiger partial charge in [0, 0.05) is 19.0 Å². The molecule has 0 bridgehead atoms. The third-order valence-corrected chi connectivity index (χ3v) is 7.00. The number of thiophene rings is 1. The maximum Gasteiger partial charge on any atom is 0.308 e. The molecule has 0 radical (unpaired) electrons. The Bertz CT molecular complexity index is 900. The highest BCUT2D eigenvalue weighted by molar-refractivity contribution is 7.89. The van der Waals surface area contributed by atoms with Crippen molar-refractivity contribution in [3.05, 3.63) is 52.2 Å². The molecule has 0 saturated carbocycles. The number of rotatable bonds is 4. The first-order valence-corrected chi connectivity index (χ1v) is 9.52. The van der Waals surface area contributed by atoms with E-state index in [0.717, 1.165) is 16.9 Å². The molecule has 6 nitrogen and oxygen atoms in total. The molecule has 2 heterocycles. The molecule has 0 spiro atoms. The number of carboxylic acid groups (broad SMARTS) is 1. The third-order valence-electron chi connectivity index (χ3n) is 4.18. The van der Waals surface area contributed by atoms with Crippen molar-refractivity contribution in [2.75, 3.05) is 13.1 Å². The molecule has 2 atom stereocenters. The minimum absolute atomic E-state index is 0.0483. The number of sulfonamides is 1. The number of carbonyl (C=O) groups is 1. The van der Waals surface area contributed by atoms with Crippen LogP contribution in [0.4, 0.5) is 0 Å². The van der Waals surface area contributed by atoms with Crippen LogP contribution in [0.5, 0.6) is 0 Å². The van der Waals surface area contributed by atoms with Crippen LogP contribution in [0, 0.1) is 17.2 Å². The van der Waals surface area contributed by atoms with Gasteiger partial charge in [-0.3, -0.25) is 4.79 Å². The van der Waals surface area contributed by atoms with Gasteiger partial charge in [0.15, 0.2) is 0 Å². The zero-order chi connectivity index (χ0) is 17.3. The normalized spacial score (nSPS) is 21.5. The molecule has 0 amide bonds. The van der Waals surface area contributed by atoms with Crippen molar-refractivity contribution in [1.82, 2.24) is 4.31 Å². The molecule has 8 heteroatoms. The zero-order valence-corrected chi connectivity index (χ0v) is 14.1. The first-order chi connectivity index (χ1) is 11.4. The highest BCUT2D eigenvalue weighted by Gasteiger charge is 2.44. The number of nitrogens with zero attached hydrogens (tertiary/aromatic N) is 2. The minimum atomic E-state index is -3.89. The lowest BCUT2D eigenvalue weighted by Gasteiger charge is -2.16. The quantitative estimate of drug-likeness (QED) is 0.898. The molecular formula is C16H14N2O4S2. The molecule has 1 aromatic carbocycles. The van der Waals surface area contributed by atoms with Crippen LogP contribution >= 0.6 is 11.3 Å². The lowest BCUT2D eigenvalue weighted by molar-refractivity contribution is -0.141. The van der Waals surface area contributed by atoms with Gasteiger partial charge in [0.05, 0.1) is 5.92 Å². The molecule has 1 fully saturated rings. The molecule has 1 aromatic heterocycles. The van der Waals surface area contributed by atoms with Gasteiger partial charge >= 0.3 is 5.97 Å². The minimum Gasteiger partial charge on any atom is -0.481 e. The summed E-state index contributed by atoms with van der Waals surface area (Å²) in [5, 5.41) is 20.1. The van der Waals surface area contributed by atoms with Crippen molar-refractivity contribution < 1.29 is 18.3 Å². The van der Waals surface area contributed by atoms with E-state index in [1.165, 1.54) is 10.4 Å². The molecule has 124 valence electrons. The Hall–Kier alpha value is -2.21. The maximum absolute atomic E-state index is 12.8. The summed E-state index contributed by atoms with van der Waals surface area (Å²) in [6, 6.07) is 12.3. The van der Waals surface area contributed by atoms with Crippen molar-refractivity contribution >= 4 is 27.3 Å². The van der Waals surface area contributed by atoms with E-state index in [4.69, 9.17) is 5.26 Å². The summed E-state index contributed by atoms with van der Waals surface area (Å²) in [6.07, 6.45) is 0. The molecule has 1 saturated heterocycles. The first-order valence-electron chi connectivity index (χ1n) is 7.20. The molecule has 2 aromatic rings. The van der Waals surface area contributed by atoms with E-state index in [9.17, 15) is 18.3 Å². The Balaban J connectivity index is 1.97. The SMILES string of the molecule is N#Cc1sccc1S(=O)(=O)N1C[C@@H](C(=O)O)[C@H](c2ccccc2)C1. The second kappa shape index (κ2) is 6.36. The van der Waals surface area contributed by atoms with Gasteiger partial charge in [0.1, 0.15) is 15.8 Å². The van der Waals surface area contributed by atoms with Crippen LogP contribution in [0.1, 0.15) is 16.4 Å². The van der Waals surface area contributed by atoms with Gasteiger partial charge in [-0.2, -0.15) is 9.57 Å². The lowest BCUT2D eigenvalue weighted by atomic mass is 9.89. The topological polar surface area (TPSA) is 98.5 Å². The summed E-state index contributed by atoms with van der Waals surface area (Å²) in [5.74, 6) is -2.25. The van der Waals surface area contributed by atoms with Crippen molar-refractivity contribution in [2.24, 2.45) is 5.92 Å². The Kier molecular flexibility index (Phi) is 4.41. The van der Waals surface area contributed by atoms with Crippen LogP contribution in [-0.4, -0.2) is 36.9 Å². The predicted molar refractivity (Wildman–Crippen MR) is 88.1 cm³/mol. The van der Waals surface area contributed by atoms with Crippen LogP contribution in [0.15, 0.2) is 46.7 Å². The summed E-state index contributed by atoms with van der Waals surface area (Å²) < 4.78 is 26.8. The van der Waals surface area contributed by atoms with Crippen molar-refractivity contribution in [3.63, 3.8) is 0 Å². The van der Waals surface area contributed by atoms with Crippen LogP contribution in [-0.2, 0) is 14.8 Å². The molecule has 24 heavy (non-hydrogen) atoms. The summed E-state index contributed by atoms with van der Waals surface area (Å²) in [5.41, 5.74) is 0.799. The van der Waals surface area contributed by atoms with E-state index in [2.05, 4.69) is 0 Å². The summed E-state index contributed by atoms with van der Waals surface area (Å²) in [7, 11) is -3.89. The summed E-state index contributed by atoms with van der Waals surface area (Å²) in [4.78, 5) is 11.7. The standard InChI is InChI=1S/C16H14N2O4S2/c17-8-14-15(6-7-23-14)24(21,22)18-9-12(13(10-18)16(19)20)11-4-2-1-3-5-11/h1-7,12-13H,9-10H2,(H,19,20)/t12-,13+/m0/s1. The second-order valence-corrected chi connectivity index (χ2v) is 8.33. The number of hydrogen-bond donors (Lipinski definition) is 1. The third kappa shape index (κ3) is 2.82. The van der Waals surface area contributed by atoms with E-state index < -0.39 is 27.8 Å². The van der Waals surface area contributed by atoms with Gasteiger partial charge < -0.3 is 5.11 Å². The Morgan fingerprint density at radius 3 is 2.58 bits per heavy atom. The van der Waals surface area contributed by atoms with Gasteiger partial charge in [-0.1, -0.05) is 30.3 Å². The van der Waals surface area contributed by atoms with Gasteiger partial charge in [-0.05, 0) is 17.0 Å². The van der Waals surface area contributed by atoms with Crippen LogP contribution in [0.25, 0.3) is 0 Å². The monoisotopic (exact) mass is 362 g/mol. The first kappa shape index (κ1) is 16.6. The zero-order valence-electron chi connectivity index (χ0n) is 12.5. The largest absolute Gasteiger partial charge is 0.481 e. The molecule has 3 rings (SSSR count).